The first-order valence-electron chi connectivity index (χ1n) is 18.4. The average Bonchev–Trinajstić information content (AvgIpc) is 3.82. The van der Waals surface area contributed by atoms with Crippen LogP contribution in [0.2, 0.25) is 0 Å². The summed E-state index contributed by atoms with van der Waals surface area (Å²) in [5, 5.41) is 15.4. The molecule has 3 heterocycles. The van der Waals surface area contributed by atoms with Crippen LogP contribution in [0.5, 0.6) is 0 Å². The van der Waals surface area contributed by atoms with Crippen molar-refractivity contribution in [2.75, 3.05) is 49.1 Å². The van der Waals surface area contributed by atoms with Crippen molar-refractivity contribution in [3.63, 3.8) is 0 Å². The van der Waals surface area contributed by atoms with Crippen LogP contribution in [0.1, 0.15) is 93.3 Å². The number of nitrogens with zero attached hydrogens (tertiary/aromatic N) is 2. The minimum atomic E-state index is -0.531. The lowest BCUT2D eigenvalue weighted by Gasteiger charge is -2.39. The molecule has 3 aromatic rings. The Morgan fingerprint density at radius 1 is 0.780 bits per heavy atom. The van der Waals surface area contributed by atoms with E-state index in [1.54, 1.807) is 12.1 Å². The van der Waals surface area contributed by atoms with Gasteiger partial charge >= 0.3 is 0 Å². The highest BCUT2D eigenvalue weighted by Crippen LogP contribution is 2.39. The van der Waals surface area contributed by atoms with Crippen LogP contribution in [0.25, 0.3) is 0 Å². The molecule has 0 radical (unpaired) electrons. The van der Waals surface area contributed by atoms with Crippen LogP contribution in [-0.4, -0.2) is 71.6 Å². The molecule has 0 saturated carbocycles. The molecule has 0 unspecified atom stereocenters. The molecular weight excluding hydrogens is 630 g/mol. The smallest absolute Gasteiger partial charge is 0.224 e. The Morgan fingerprint density at radius 2 is 1.48 bits per heavy atom. The maximum absolute atomic E-state index is 12.7. The molecule has 3 aliphatic heterocycles. The van der Waals surface area contributed by atoms with Crippen molar-refractivity contribution < 1.29 is 24.2 Å². The van der Waals surface area contributed by atoms with Crippen molar-refractivity contribution in [3.05, 3.63) is 89.5 Å². The third kappa shape index (κ3) is 10.1. The molecule has 3 aromatic carbocycles. The van der Waals surface area contributed by atoms with Crippen molar-refractivity contribution in [2.45, 2.75) is 95.4 Å². The van der Waals surface area contributed by atoms with E-state index in [0.29, 0.717) is 43.1 Å². The maximum atomic E-state index is 12.7. The second kappa shape index (κ2) is 17.9. The number of carbonyl (C=O) groups excluding carboxylic acids is 2. The number of unbranched alkanes of at least 4 members (excludes halogenated alkanes) is 2. The van der Waals surface area contributed by atoms with Gasteiger partial charge in [0.05, 0.1) is 30.2 Å². The number of amides is 2. The van der Waals surface area contributed by atoms with E-state index >= 15 is 0 Å². The van der Waals surface area contributed by atoms with Gasteiger partial charge in [0.15, 0.2) is 6.29 Å². The number of nitrogens with two attached hydrogens (primary N) is 1. The maximum Gasteiger partial charge on any atom is 0.224 e. The fourth-order valence-electron chi connectivity index (χ4n) is 7.42. The number of para-hydroxylation sites is 2. The van der Waals surface area contributed by atoms with Crippen molar-refractivity contribution in [2.24, 2.45) is 0 Å². The molecule has 0 aliphatic carbocycles. The zero-order chi connectivity index (χ0) is 34.7. The first-order chi connectivity index (χ1) is 24.4. The summed E-state index contributed by atoms with van der Waals surface area (Å²) >= 11 is 0. The molecule has 0 bridgehead atoms. The van der Waals surface area contributed by atoms with E-state index in [9.17, 15) is 14.7 Å². The van der Waals surface area contributed by atoms with Crippen molar-refractivity contribution >= 4 is 28.9 Å². The van der Waals surface area contributed by atoms with Gasteiger partial charge in [-0.3, -0.25) is 14.5 Å². The number of carbonyl (C=O) groups is 2. The van der Waals surface area contributed by atoms with Crippen LogP contribution < -0.4 is 16.4 Å². The zero-order valence-corrected chi connectivity index (χ0v) is 29.1. The van der Waals surface area contributed by atoms with Gasteiger partial charge < -0.3 is 35.8 Å². The van der Waals surface area contributed by atoms with Gasteiger partial charge in [-0.1, -0.05) is 55.0 Å². The number of likely N-dealkylation sites (tertiary alicyclic amines) is 2. The summed E-state index contributed by atoms with van der Waals surface area (Å²) in [6, 6.07) is 23.5. The van der Waals surface area contributed by atoms with E-state index in [-0.39, 0.29) is 30.6 Å². The summed E-state index contributed by atoms with van der Waals surface area (Å²) in [6.07, 6.45) is 8.16. The Hall–Kier alpha value is -3.80. The number of rotatable bonds is 15. The summed E-state index contributed by atoms with van der Waals surface area (Å²) in [6.45, 7) is 5.58. The van der Waals surface area contributed by atoms with E-state index in [4.69, 9.17) is 15.2 Å². The number of nitrogen functional groups attached to an aromatic ring is 1. The Labute approximate surface area is 296 Å². The quantitative estimate of drug-likeness (QED) is 0.107. The number of ether oxygens (including phenoxy) is 2. The SMILES string of the molecule is Nc1ccccc1NC(=O)CCCCCC(=O)Nc1ccc([C@@H]2O[C@H](CN3CCC[C@H]3CN3CCCC3)C[C@H](c3ccc(CO)cc3)O2)cc1. The Balaban J connectivity index is 1.00. The van der Waals surface area contributed by atoms with Crippen molar-refractivity contribution in [3.8, 4) is 0 Å². The number of benzene rings is 3. The normalized spacial score (nSPS) is 22.8. The number of hydrogen-bond donors (Lipinski definition) is 4. The summed E-state index contributed by atoms with van der Waals surface area (Å²) in [5.74, 6) is -0.127. The van der Waals surface area contributed by atoms with Gasteiger partial charge in [-0.05, 0) is 93.6 Å². The third-order valence-electron chi connectivity index (χ3n) is 10.2. The highest BCUT2D eigenvalue weighted by atomic mass is 16.7. The van der Waals surface area contributed by atoms with E-state index < -0.39 is 6.29 Å². The van der Waals surface area contributed by atoms with E-state index in [1.165, 1.54) is 38.8 Å². The fraction of sp³-hybridized carbons (Fsp3) is 0.500. The molecule has 3 fully saturated rings. The van der Waals surface area contributed by atoms with Crippen molar-refractivity contribution in [1.29, 1.82) is 0 Å². The monoisotopic (exact) mass is 683 g/mol. The third-order valence-corrected chi connectivity index (χ3v) is 10.2. The van der Waals surface area contributed by atoms with Gasteiger partial charge in [0.2, 0.25) is 11.8 Å². The van der Waals surface area contributed by atoms with Gasteiger partial charge in [0.25, 0.3) is 0 Å². The summed E-state index contributed by atoms with van der Waals surface area (Å²) in [5.41, 5.74) is 10.7. The molecule has 6 rings (SSSR count). The average molecular weight is 684 g/mol. The number of anilines is 3. The number of aliphatic hydroxyl groups excluding tert-OH is 1. The van der Waals surface area contributed by atoms with Gasteiger partial charge in [0, 0.05) is 49.6 Å². The summed E-state index contributed by atoms with van der Waals surface area (Å²) < 4.78 is 13.2. The number of nitrogens with one attached hydrogen (secondary N) is 2. The number of aliphatic hydroxyl groups is 1. The lowest BCUT2D eigenvalue weighted by atomic mass is 9.99. The first-order valence-corrected chi connectivity index (χ1v) is 18.4. The van der Waals surface area contributed by atoms with Crippen LogP contribution in [0.3, 0.4) is 0 Å². The molecule has 50 heavy (non-hydrogen) atoms. The minimum Gasteiger partial charge on any atom is -0.397 e. The summed E-state index contributed by atoms with van der Waals surface area (Å²) in [7, 11) is 0. The molecule has 10 heteroatoms. The van der Waals surface area contributed by atoms with Crippen LogP contribution in [-0.2, 0) is 25.7 Å². The van der Waals surface area contributed by atoms with E-state index in [2.05, 4.69) is 32.6 Å². The van der Waals surface area contributed by atoms with Gasteiger partial charge in [0.1, 0.15) is 0 Å². The molecule has 5 N–H and O–H groups in total. The molecule has 0 aromatic heterocycles. The van der Waals surface area contributed by atoms with Crippen LogP contribution in [0.4, 0.5) is 17.1 Å². The van der Waals surface area contributed by atoms with Gasteiger partial charge in [-0.15, -0.1) is 0 Å². The predicted molar refractivity (Wildman–Crippen MR) is 196 cm³/mol. The topological polar surface area (TPSA) is 129 Å². The van der Waals surface area contributed by atoms with Gasteiger partial charge in [-0.2, -0.15) is 0 Å². The minimum absolute atomic E-state index is 0.0115. The molecule has 2 amide bonds. The lowest BCUT2D eigenvalue weighted by Crippen LogP contribution is -2.45. The molecule has 268 valence electrons. The molecule has 4 atom stereocenters. The van der Waals surface area contributed by atoms with E-state index in [0.717, 1.165) is 54.9 Å². The van der Waals surface area contributed by atoms with Crippen molar-refractivity contribution in [1.82, 2.24) is 9.80 Å². The Morgan fingerprint density at radius 3 is 2.20 bits per heavy atom. The van der Waals surface area contributed by atoms with Crippen LogP contribution >= 0.6 is 0 Å². The highest BCUT2D eigenvalue weighted by molar-refractivity contribution is 5.93. The lowest BCUT2D eigenvalue weighted by molar-refractivity contribution is -0.253. The summed E-state index contributed by atoms with van der Waals surface area (Å²) in [4.78, 5) is 30.2. The van der Waals surface area contributed by atoms with Crippen LogP contribution in [0.15, 0.2) is 72.8 Å². The Kier molecular flexibility index (Phi) is 12.9. The highest BCUT2D eigenvalue weighted by Gasteiger charge is 2.36. The standard InChI is InChI=1S/C40H53N5O5/c41-35-10-4-5-11-36(35)43-39(48)13-3-1-2-12-38(47)42-32-20-18-31(19-21-32)40-49-34(25-37(50-40)30-16-14-29(28-46)15-17-30)27-45-24-8-9-33(45)26-44-22-6-7-23-44/h4-5,10-11,14-21,33-34,37,40,46H,1-3,6-9,12-13,22-28,41H2,(H,42,47)(H,43,48)/t33-,34-,37+,40+/m0/s1. The Bertz CT molecular complexity index is 1530. The van der Waals surface area contributed by atoms with Crippen LogP contribution in [0, 0.1) is 0 Å². The molecule has 10 nitrogen and oxygen atoms in total. The van der Waals surface area contributed by atoms with E-state index in [1.807, 2.05) is 48.5 Å². The molecule has 3 saturated heterocycles. The molecular formula is C40H53N5O5. The second-order valence-corrected chi connectivity index (χ2v) is 14.0. The fourth-order valence-corrected chi connectivity index (χ4v) is 7.42. The first kappa shape index (κ1) is 36.0. The number of hydrogen-bond acceptors (Lipinski definition) is 8. The second-order valence-electron chi connectivity index (χ2n) is 14.0. The largest absolute Gasteiger partial charge is 0.397 e. The molecule has 0 spiro atoms. The van der Waals surface area contributed by atoms with Gasteiger partial charge in [-0.25, -0.2) is 0 Å². The molecule has 3 aliphatic rings. The predicted octanol–water partition coefficient (Wildman–Crippen LogP) is 6.39. The zero-order valence-electron chi connectivity index (χ0n) is 29.1.